The standard InChI is InChI=1S/C14H13Cl2NO2/c1-7-4-12(16)13(6-11(7)15)17-8(2)5-10(9(17)3)14(18)19/h4-6H,1-3H3,(H,18,19). The number of nitrogens with zero attached hydrogens (tertiary/aromatic N) is 1. The minimum atomic E-state index is -0.950. The molecule has 0 saturated carbocycles. The van der Waals surface area contributed by atoms with E-state index in [2.05, 4.69) is 0 Å². The van der Waals surface area contributed by atoms with Crippen LogP contribution < -0.4 is 0 Å². The summed E-state index contributed by atoms with van der Waals surface area (Å²) in [5.74, 6) is -0.950. The summed E-state index contributed by atoms with van der Waals surface area (Å²) in [4.78, 5) is 11.2. The monoisotopic (exact) mass is 297 g/mol. The molecule has 0 aliphatic carbocycles. The Morgan fingerprint density at radius 2 is 1.74 bits per heavy atom. The summed E-state index contributed by atoms with van der Waals surface area (Å²) in [6, 6.07) is 5.16. The third-order valence-electron chi connectivity index (χ3n) is 3.13. The quantitative estimate of drug-likeness (QED) is 0.892. The van der Waals surface area contributed by atoms with Gasteiger partial charge in [0, 0.05) is 16.4 Å². The lowest BCUT2D eigenvalue weighted by Gasteiger charge is -2.13. The van der Waals surface area contributed by atoms with E-state index in [1.807, 2.05) is 13.8 Å². The van der Waals surface area contributed by atoms with Crippen molar-refractivity contribution in [3.05, 3.63) is 50.8 Å². The number of benzene rings is 1. The average molecular weight is 298 g/mol. The minimum Gasteiger partial charge on any atom is -0.478 e. The Hall–Kier alpha value is -1.45. The van der Waals surface area contributed by atoms with Crippen LogP contribution in [0.15, 0.2) is 18.2 Å². The molecule has 5 heteroatoms. The van der Waals surface area contributed by atoms with Crippen LogP contribution in [0.4, 0.5) is 0 Å². The first kappa shape index (κ1) is 14.0. The maximum Gasteiger partial charge on any atom is 0.337 e. The van der Waals surface area contributed by atoms with Gasteiger partial charge in [0.2, 0.25) is 0 Å². The largest absolute Gasteiger partial charge is 0.478 e. The van der Waals surface area contributed by atoms with Crippen molar-refractivity contribution in [3.63, 3.8) is 0 Å². The van der Waals surface area contributed by atoms with Crippen molar-refractivity contribution in [2.45, 2.75) is 20.8 Å². The van der Waals surface area contributed by atoms with Gasteiger partial charge < -0.3 is 9.67 Å². The molecule has 2 rings (SSSR count). The first-order chi connectivity index (χ1) is 8.82. The normalized spacial score (nSPS) is 10.8. The number of hydrogen-bond donors (Lipinski definition) is 1. The van der Waals surface area contributed by atoms with Gasteiger partial charge in [-0.15, -0.1) is 0 Å². The molecule has 0 spiro atoms. The second kappa shape index (κ2) is 4.91. The molecule has 0 atom stereocenters. The molecule has 1 heterocycles. The second-order valence-electron chi connectivity index (χ2n) is 4.48. The van der Waals surface area contributed by atoms with Gasteiger partial charge in [0.25, 0.3) is 0 Å². The highest BCUT2D eigenvalue weighted by molar-refractivity contribution is 6.35. The molecule has 0 amide bonds. The summed E-state index contributed by atoms with van der Waals surface area (Å²) in [6.45, 7) is 5.46. The van der Waals surface area contributed by atoms with Crippen molar-refractivity contribution in [1.29, 1.82) is 0 Å². The second-order valence-corrected chi connectivity index (χ2v) is 5.29. The Bertz CT molecular complexity index is 675. The average Bonchev–Trinajstić information content (AvgIpc) is 2.60. The molecule has 0 radical (unpaired) electrons. The van der Waals surface area contributed by atoms with E-state index < -0.39 is 5.97 Å². The summed E-state index contributed by atoms with van der Waals surface area (Å²) >= 11 is 12.4. The van der Waals surface area contributed by atoms with Crippen LogP contribution in [0.5, 0.6) is 0 Å². The van der Waals surface area contributed by atoms with E-state index in [0.717, 1.165) is 11.3 Å². The van der Waals surface area contributed by atoms with E-state index >= 15 is 0 Å². The number of rotatable bonds is 2. The summed E-state index contributed by atoms with van der Waals surface area (Å²) in [7, 11) is 0. The van der Waals surface area contributed by atoms with Gasteiger partial charge in [0.1, 0.15) is 0 Å². The number of aryl methyl sites for hydroxylation is 2. The van der Waals surface area contributed by atoms with Crippen LogP contribution in [0, 0.1) is 20.8 Å². The fourth-order valence-corrected chi connectivity index (χ4v) is 2.62. The molecule has 1 N–H and O–H groups in total. The molecule has 0 bridgehead atoms. The van der Waals surface area contributed by atoms with Gasteiger partial charge in [-0.05, 0) is 44.5 Å². The zero-order chi connectivity index (χ0) is 14.3. The Morgan fingerprint density at radius 3 is 2.26 bits per heavy atom. The molecule has 1 aromatic heterocycles. The molecule has 0 aliphatic rings. The van der Waals surface area contributed by atoms with Gasteiger partial charge in [-0.1, -0.05) is 23.2 Å². The van der Waals surface area contributed by atoms with Gasteiger partial charge >= 0.3 is 5.97 Å². The zero-order valence-electron chi connectivity index (χ0n) is 10.8. The van der Waals surface area contributed by atoms with Crippen LogP contribution in [0.1, 0.15) is 27.3 Å². The van der Waals surface area contributed by atoms with Crippen molar-refractivity contribution < 1.29 is 9.90 Å². The van der Waals surface area contributed by atoms with E-state index in [0.29, 0.717) is 21.4 Å². The summed E-state index contributed by atoms with van der Waals surface area (Å²) in [5.41, 5.74) is 3.28. The molecule has 0 saturated heterocycles. The van der Waals surface area contributed by atoms with E-state index in [4.69, 9.17) is 28.3 Å². The van der Waals surface area contributed by atoms with Crippen molar-refractivity contribution in [3.8, 4) is 5.69 Å². The fourth-order valence-electron chi connectivity index (χ4n) is 2.16. The summed E-state index contributed by atoms with van der Waals surface area (Å²) in [5, 5.41) is 10.3. The number of carboxylic acid groups (broad SMARTS) is 1. The van der Waals surface area contributed by atoms with Crippen LogP contribution in [0.25, 0.3) is 5.69 Å². The minimum absolute atomic E-state index is 0.269. The first-order valence-corrected chi connectivity index (χ1v) is 6.46. The van der Waals surface area contributed by atoms with Crippen LogP contribution in [-0.4, -0.2) is 15.6 Å². The van der Waals surface area contributed by atoms with Crippen LogP contribution >= 0.6 is 23.2 Å². The highest BCUT2D eigenvalue weighted by Gasteiger charge is 2.17. The first-order valence-electron chi connectivity index (χ1n) is 5.71. The van der Waals surface area contributed by atoms with Crippen molar-refractivity contribution in [2.24, 2.45) is 0 Å². The molecular formula is C14H13Cl2NO2. The van der Waals surface area contributed by atoms with Gasteiger partial charge in [0.05, 0.1) is 16.3 Å². The molecule has 0 unspecified atom stereocenters. The number of aromatic nitrogens is 1. The molecular weight excluding hydrogens is 285 g/mol. The molecule has 0 fully saturated rings. The predicted octanol–water partition coefficient (Wildman–Crippen LogP) is 4.41. The third-order valence-corrected chi connectivity index (χ3v) is 3.84. The topological polar surface area (TPSA) is 42.2 Å². The molecule has 0 aliphatic heterocycles. The number of halogens is 2. The SMILES string of the molecule is Cc1cc(Cl)c(-n2c(C)cc(C(=O)O)c2C)cc1Cl. The highest BCUT2D eigenvalue weighted by Crippen LogP contribution is 2.31. The van der Waals surface area contributed by atoms with Gasteiger partial charge in [-0.3, -0.25) is 0 Å². The molecule has 19 heavy (non-hydrogen) atoms. The lowest BCUT2D eigenvalue weighted by atomic mass is 10.2. The maximum atomic E-state index is 11.2. The zero-order valence-corrected chi connectivity index (χ0v) is 12.3. The fraction of sp³-hybridized carbons (Fsp3) is 0.214. The Kier molecular flexibility index (Phi) is 3.61. The molecule has 100 valence electrons. The third kappa shape index (κ3) is 2.36. The number of aromatic carboxylic acids is 1. The van der Waals surface area contributed by atoms with Gasteiger partial charge in [0.15, 0.2) is 0 Å². The van der Waals surface area contributed by atoms with E-state index in [1.165, 1.54) is 0 Å². The van der Waals surface area contributed by atoms with E-state index in [1.54, 1.807) is 29.7 Å². The van der Waals surface area contributed by atoms with E-state index in [9.17, 15) is 4.79 Å². The summed E-state index contributed by atoms with van der Waals surface area (Å²) < 4.78 is 1.80. The number of carbonyl (C=O) groups is 1. The lowest BCUT2D eigenvalue weighted by molar-refractivity contribution is 0.0696. The molecule has 2 aromatic rings. The van der Waals surface area contributed by atoms with Crippen molar-refractivity contribution in [2.75, 3.05) is 0 Å². The molecule has 3 nitrogen and oxygen atoms in total. The Labute approximate surface area is 121 Å². The smallest absolute Gasteiger partial charge is 0.337 e. The Morgan fingerprint density at radius 1 is 1.11 bits per heavy atom. The van der Waals surface area contributed by atoms with Crippen LogP contribution in [0.3, 0.4) is 0 Å². The number of carboxylic acids is 1. The lowest BCUT2D eigenvalue weighted by Crippen LogP contribution is -2.03. The van der Waals surface area contributed by atoms with Gasteiger partial charge in [-0.2, -0.15) is 0 Å². The van der Waals surface area contributed by atoms with Gasteiger partial charge in [-0.25, -0.2) is 4.79 Å². The Balaban J connectivity index is 2.73. The highest BCUT2D eigenvalue weighted by atomic mass is 35.5. The van der Waals surface area contributed by atoms with Crippen LogP contribution in [0.2, 0.25) is 10.0 Å². The number of hydrogen-bond acceptors (Lipinski definition) is 1. The maximum absolute atomic E-state index is 11.2. The van der Waals surface area contributed by atoms with Crippen molar-refractivity contribution >= 4 is 29.2 Å². The molecule has 1 aromatic carbocycles. The van der Waals surface area contributed by atoms with Crippen molar-refractivity contribution in [1.82, 2.24) is 4.57 Å². The predicted molar refractivity (Wildman–Crippen MR) is 77.0 cm³/mol. The van der Waals surface area contributed by atoms with E-state index in [-0.39, 0.29) is 5.56 Å². The van der Waals surface area contributed by atoms with Crippen LogP contribution in [-0.2, 0) is 0 Å². The summed E-state index contributed by atoms with van der Waals surface area (Å²) in [6.07, 6.45) is 0.